The average Bonchev–Trinajstić information content (AvgIpc) is 3.15. The van der Waals surface area contributed by atoms with Crippen LogP contribution >= 0.6 is 0 Å². The second-order valence-corrected chi connectivity index (χ2v) is 6.54. The fourth-order valence-electron chi connectivity index (χ4n) is 3.33. The number of aliphatic imine (C=N–C) groups is 1. The molecule has 4 aromatic rings. The minimum Gasteiger partial charge on any atom is -0.359 e. The van der Waals surface area contributed by atoms with Crippen molar-refractivity contribution in [3.8, 4) is 11.3 Å². The first-order chi connectivity index (χ1) is 13.8. The van der Waals surface area contributed by atoms with Gasteiger partial charge in [0.25, 0.3) is 5.56 Å². The summed E-state index contributed by atoms with van der Waals surface area (Å²) < 4.78 is 0. The predicted molar refractivity (Wildman–Crippen MR) is 113 cm³/mol. The second-order valence-electron chi connectivity index (χ2n) is 6.54. The maximum absolute atomic E-state index is 12.6. The Morgan fingerprint density at radius 3 is 2.36 bits per heavy atom. The summed E-state index contributed by atoms with van der Waals surface area (Å²) in [4.78, 5) is 24.7. The summed E-state index contributed by atoms with van der Waals surface area (Å²) in [6, 6.07) is 23.0. The lowest BCUT2D eigenvalue weighted by molar-refractivity contribution is 1.14. The molecule has 5 rings (SSSR count). The third-order valence-electron chi connectivity index (χ3n) is 4.67. The van der Waals surface area contributed by atoms with Gasteiger partial charge in [0, 0.05) is 11.8 Å². The van der Waals surface area contributed by atoms with Crippen LogP contribution in [-0.4, -0.2) is 22.3 Å². The number of nitrogens with one attached hydrogen (secondary N) is 3. The zero-order valence-electron chi connectivity index (χ0n) is 14.9. The largest absolute Gasteiger partial charge is 0.359 e. The molecule has 1 aromatic heterocycles. The van der Waals surface area contributed by atoms with Gasteiger partial charge in [-0.2, -0.15) is 0 Å². The van der Waals surface area contributed by atoms with Gasteiger partial charge < -0.3 is 15.6 Å². The lowest BCUT2D eigenvalue weighted by Crippen LogP contribution is -2.23. The van der Waals surface area contributed by atoms with E-state index in [2.05, 4.69) is 25.6 Å². The molecule has 0 amide bonds. The molecule has 1 aliphatic heterocycles. The number of para-hydroxylation sites is 5. The van der Waals surface area contributed by atoms with E-state index in [1.54, 1.807) is 6.21 Å². The highest BCUT2D eigenvalue weighted by atomic mass is 16.1. The van der Waals surface area contributed by atoms with Gasteiger partial charge in [-0.25, -0.2) is 4.98 Å². The molecule has 0 fully saturated rings. The van der Waals surface area contributed by atoms with Crippen molar-refractivity contribution >= 4 is 34.3 Å². The molecule has 0 radical (unpaired) electrons. The first kappa shape index (κ1) is 16.3. The number of hydrogen-bond acceptors (Lipinski definition) is 5. The minimum atomic E-state index is -0.231. The van der Waals surface area contributed by atoms with Crippen LogP contribution in [0.25, 0.3) is 22.3 Å². The van der Waals surface area contributed by atoms with Crippen LogP contribution in [-0.2, 0) is 0 Å². The molecule has 0 saturated carbocycles. The molecule has 1 aliphatic rings. The predicted octanol–water partition coefficient (Wildman–Crippen LogP) is 4.16. The van der Waals surface area contributed by atoms with Gasteiger partial charge in [-0.05, 0) is 30.3 Å². The van der Waals surface area contributed by atoms with E-state index < -0.39 is 0 Å². The van der Waals surface area contributed by atoms with Crippen molar-refractivity contribution in [1.29, 1.82) is 0 Å². The zero-order valence-corrected chi connectivity index (χ0v) is 14.9. The number of rotatable bonds is 3. The summed E-state index contributed by atoms with van der Waals surface area (Å²) in [6.45, 7) is 0. The van der Waals surface area contributed by atoms with Crippen molar-refractivity contribution in [1.82, 2.24) is 9.97 Å². The van der Waals surface area contributed by atoms with E-state index in [-0.39, 0.29) is 11.7 Å². The zero-order chi connectivity index (χ0) is 18.9. The van der Waals surface area contributed by atoms with Gasteiger partial charge in [0.1, 0.15) is 11.9 Å². The Hall–Kier alpha value is -3.93. The van der Waals surface area contributed by atoms with Crippen molar-refractivity contribution < 1.29 is 0 Å². The van der Waals surface area contributed by atoms with Gasteiger partial charge in [-0.1, -0.05) is 42.5 Å². The number of anilines is 2. The van der Waals surface area contributed by atoms with E-state index in [1.165, 1.54) is 0 Å². The van der Waals surface area contributed by atoms with E-state index in [0.29, 0.717) is 22.5 Å². The van der Waals surface area contributed by atoms with Gasteiger partial charge in [-0.15, -0.1) is 0 Å². The molecule has 136 valence electrons. The van der Waals surface area contributed by atoms with E-state index in [0.717, 1.165) is 16.9 Å². The van der Waals surface area contributed by atoms with Crippen LogP contribution in [0, 0.1) is 0 Å². The third-order valence-corrected chi connectivity index (χ3v) is 4.67. The van der Waals surface area contributed by atoms with Crippen LogP contribution in [0.1, 0.15) is 0 Å². The molecule has 0 bridgehead atoms. The fraction of sp³-hybridized carbons (Fsp3) is 0.0455. The Morgan fingerprint density at radius 2 is 1.54 bits per heavy atom. The van der Waals surface area contributed by atoms with Gasteiger partial charge in [0.15, 0.2) is 0 Å². The van der Waals surface area contributed by atoms with E-state index in [4.69, 9.17) is 0 Å². The summed E-state index contributed by atoms with van der Waals surface area (Å²) >= 11 is 0. The smallest absolute Gasteiger partial charge is 0.275 e. The highest BCUT2D eigenvalue weighted by Gasteiger charge is 2.17. The lowest BCUT2D eigenvalue weighted by atomic mass is 10.1. The topological polar surface area (TPSA) is 82.2 Å². The molecule has 0 saturated heterocycles. The van der Waals surface area contributed by atoms with Crippen molar-refractivity contribution in [2.45, 2.75) is 6.17 Å². The molecule has 2 heterocycles. The highest BCUT2D eigenvalue weighted by molar-refractivity contribution is 5.87. The molecular weight excluding hydrogens is 350 g/mol. The molecule has 0 atom stereocenters. The normalized spacial score (nSPS) is 13.4. The Labute approximate surface area is 161 Å². The lowest BCUT2D eigenvalue weighted by Gasteiger charge is -2.08. The van der Waals surface area contributed by atoms with Crippen LogP contribution in [0.5, 0.6) is 0 Å². The van der Waals surface area contributed by atoms with Crippen molar-refractivity contribution in [3.63, 3.8) is 0 Å². The fourth-order valence-corrected chi connectivity index (χ4v) is 3.33. The van der Waals surface area contributed by atoms with Crippen LogP contribution in [0.4, 0.5) is 17.1 Å². The van der Waals surface area contributed by atoms with Gasteiger partial charge in [0.2, 0.25) is 0 Å². The molecule has 3 N–H and O–H groups in total. The number of aromatic nitrogens is 2. The number of aromatic amines is 1. The van der Waals surface area contributed by atoms with Crippen LogP contribution in [0.2, 0.25) is 0 Å². The summed E-state index contributed by atoms with van der Waals surface area (Å²) in [5.74, 6) is 0. The average molecular weight is 367 g/mol. The number of benzene rings is 3. The summed E-state index contributed by atoms with van der Waals surface area (Å²) in [5.41, 5.74) is 5.06. The standard InChI is InChI=1S/C22H17N5O/c28-22-21(26-18-11-5-6-12-19(18)27-22)14-7-1-2-8-15(14)23-13-20-24-16-9-3-4-10-17(16)25-20/h1-13,20,24-25H,(H,27,28). The van der Waals surface area contributed by atoms with Gasteiger partial charge >= 0.3 is 0 Å². The van der Waals surface area contributed by atoms with Crippen molar-refractivity contribution in [2.24, 2.45) is 4.99 Å². The maximum atomic E-state index is 12.6. The monoisotopic (exact) mass is 367 g/mol. The molecule has 6 heteroatoms. The molecule has 0 unspecified atom stereocenters. The van der Waals surface area contributed by atoms with Crippen molar-refractivity contribution in [2.75, 3.05) is 10.6 Å². The molecule has 6 nitrogen and oxygen atoms in total. The first-order valence-electron chi connectivity index (χ1n) is 9.03. The molecular formula is C22H17N5O. The van der Waals surface area contributed by atoms with Crippen molar-refractivity contribution in [3.05, 3.63) is 83.2 Å². The number of fused-ring (bicyclic) bond motifs is 2. The first-order valence-corrected chi connectivity index (χ1v) is 9.03. The maximum Gasteiger partial charge on any atom is 0.275 e. The van der Waals surface area contributed by atoms with Crippen LogP contribution in [0.15, 0.2) is 82.6 Å². The van der Waals surface area contributed by atoms with Gasteiger partial charge in [-0.3, -0.25) is 9.79 Å². The number of H-pyrrole nitrogens is 1. The minimum absolute atomic E-state index is 0.117. The van der Waals surface area contributed by atoms with E-state index in [1.807, 2.05) is 72.8 Å². The van der Waals surface area contributed by atoms with E-state index >= 15 is 0 Å². The van der Waals surface area contributed by atoms with E-state index in [9.17, 15) is 4.79 Å². The quantitative estimate of drug-likeness (QED) is 0.475. The number of nitrogens with zero attached hydrogens (tertiary/aromatic N) is 2. The molecule has 28 heavy (non-hydrogen) atoms. The Balaban J connectivity index is 1.50. The van der Waals surface area contributed by atoms with Crippen LogP contribution < -0.4 is 16.2 Å². The Bertz CT molecular complexity index is 1240. The summed E-state index contributed by atoms with van der Waals surface area (Å²) in [5, 5.41) is 6.71. The summed E-state index contributed by atoms with van der Waals surface area (Å²) in [6.07, 6.45) is 1.68. The van der Waals surface area contributed by atoms with Crippen LogP contribution in [0.3, 0.4) is 0 Å². The third kappa shape index (κ3) is 2.91. The molecule has 0 spiro atoms. The summed E-state index contributed by atoms with van der Waals surface area (Å²) in [7, 11) is 0. The Kier molecular flexibility index (Phi) is 3.87. The Morgan fingerprint density at radius 1 is 0.857 bits per heavy atom. The highest BCUT2D eigenvalue weighted by Crippen LogP contribution is 2.29. The molecule has 3 aromatic carbocycles. The van der Waals surface area contributed by atoms with Gasteiger partial charge in [0.05, 0.1) is 28.1 Å². The molecule has 0 aliphatic carbocycles. The SMILES string of the molecule is O=c1[nH]c2ccccc2nc1-c1ccccc1N=CC1Nc2ccccc2N1. The second kappa shape index (κ2) is 6.66. The number of hydrogen-bond donors (Lipinski definition) is 3.